The van der Waals surface area contributed by atoms with Gasteiger partial charge in [0, 0.05) is 5.41 Å². The molecule has 0 spiro atoms. The summed E-state index contributed by atoms with van der Waals surface area (Å²) in [4.78, 5) is 0. The van der Waals surface area contributed by atoms with E-state index in [-0.39, 0.29) is 16.0 Å². The predicted molar refractivity (Wildman–Crippen MR) is 101 cm³/mol. The van der Waals surface area contributed by atoms with Gasteiger partial charge in [0.25, 0.3) is 0 Å². The SMILES string of the molecule is CC(C)(C)S(=O)/N=C(/c1ccc(F)cc1)C12CC3CC(CC(C3)C1)C2. The summed E-state index contributed by atoms with van der Waals surface area (Å²) in [6, 6.07) is 6.66. The molecule has 4 heteroatoms. The van der Waals surface area contributed by atoms with E-state index in [9.17, 15) is 8.60 Å². The second-order valence-corrected chi connectivity index (χ2v) is 11.4. The Morgan fingerprint density at radius 3 is 1.96 bits per heavy atom. The van der Waals surface area contributed by atoms with E-state index in [1.807, 2.05) is 32.9 Å². The van der Waals surface area contributed by atoms with Crippen LogP contribution >= 0.6 is 0 Å². The van der Waals surface area contributed by atoms with Gasteiger partial charge in [0.05, 0.1) is 10.5 Å². The molecule has 1 aromatic rings. The van der Waals surface area contributed by atoms with Gasteiger partial charge in [-0.15, -0.1) is 0 Å². The summed E-state index contributed by atoms with van der Waals surface area (Å²) < 4.78 is 30.7. The summed E-state index contributed by atoms with van der Waals surface area (Å²) in [6.45, 7) is 5.90. The third-order valence-electron chi connectivity index (χ3n) is 6.36. The molecule has 4 bridgehead atoms. The lowest BCUT2D eigenvalue weighted by Gasteiger charge is -2.57. The lowest BCUT2D eigenvalue weighted by atomic mass is 9.48. The molecule has 2 nitrogen and oxygen atoms in total. The Morgan fingerprint density at radius 1 is 1.04 bits per heavy atom. The zero-order chi connectivity index (χ0) is 17.8. The number of hydrogen-bond donors (Lipinski definition) is 0. The van der Waals surface area contributed by atoms with Gasteiger partial charge in [0.1, 0.15) is 16.8 Å². The van der Waals surface area contributed by atoms with Gasteiger partial charge in [0.2, 0.25) is 0 Å². The van der Waals surface area contributed by atoms with Gasteiger partial charge in [-0.25, -0.2) is 8.60 Å². The first-order valence-corrected chi connectivity index (χ1v) is 10.6. The molecule has 1 aromatic carbocycles. The minimum atomic E-state index is -1.29. The smallest absolute Gasteiger partial charge is 0.145 e. The van der Waals surface area contributed by atoms with Crippen LogP contribution in [-0.4, -0.2) is 14.7 Å². The number of hydrogen-bond acceptors (Lipinski definition) is 1. The molecule has 0 N–H and O–H groups in total. The Hall–Kier alpha value is -1.03. The highest BCUT2D eigenvalue weighted by Gasteiger charge is 2.53. The molecule has 136 valence electrons. The highest BCUT2D eigenvalue weighted by atomic mass is 32.2. The molecule has 4 saturated carbocycles. The Kier molecular flexibility index (Phi) is 4.18. The Morgan fingerprint density at radius 2 is 1.52 bits per heavy atom. The largest absolute Gasteiger partial charge is 0.234 e. The molecule has 0 heterocycles. The summed E-state index contributed by atoms with van der Waals surface area (Å²) in [5.41, 5.74) is 1.99. The van der Waals surface area contributed by atoms with Crippen LogP contribution < -0.4 is 0 Å². The van der Waals surface area contributed by atoms with Gasteiger partial charge < -0.3 is 0 Å². The van der Waals surface area contributed by atoms with Crippen molar-refractivity contribution in [3.8, 4) is 0 Å². The van der Waals surface area contributed by atoms with Crippen LogP contribution in [0.25, 0.3) is 0 Å². The molecule has 0 aliphatic heterocycles. The van der Waals surface area contributed by atoms with E-state index in [1.54, 1.807) is 0 Å². The summed E-state index contributed by atoms with van der Waals surface area (Å²) in [6.07, 6.45) is 7.57. The van der Waals surface area contributed by atoms with Crippen molar-refractivity contribution in [3.05, 3.63) is 35.6 Å². The highest BCUT2D eigenvalue weighted by molar-refractivity contribution is 7.85. The van der Waals surface area contributed by atoms with Crippen molar-refractivity contribution in [1.82, 2.24) is 0 Å². The van der Waals surface area contributed by atoms with Crippen molar-refractivity contribution >= 4 is 16.7 Å². The van der Waals surface area contributed by atoms with Crippen LogP contribution in [0.15, 0.2) is 28.7 Å². The van der Waals surface area contributed by atoms with Crippen LogP contribution in [0.2, 0.25) is 0 Å². The quantitative estimate of drug-likeness (QED) is 0.672. The lowest BCUT2D eigenvalue weighted by Crippen LogP contribution is -2.50. The maximum absolute atomic E-state index is 13.5. The van der Waals surface area contributed by atoms with Gasteiger partial charge in [-0.1, -0.05) is 12.1 Å². The number of rotatable bonds is 3. The van der Waals surface area contributed by atoms with Gasteiger partial charge in [0.15, 0.2) is 0 Å². The molecule has 4 fully saturated rings. The van der Waals surface area contributed by atoms with Gasteiger partial charge in [-0.3, -0.25) is 0 Å². The molecule has 0 radical (unpaired) electrons. The topological polar surface area (TPSA) is 29.4 Å². The van der Waals surface area contributed by atoms with Crippen molar-refractivity contribution in [2.45, 2.75) is 64.0 Å². The van der Waals surface area contributed by atoms with E-state index in [1.165, 1.54) is 31.4 Å². The molecule has 4 aliphatic rings. The highest BCUT2D eigenvalue weighted by Crippen LogP contribution is 2.61. The van der Waals surface area contributed by atoms with E-state index in [2.05, 4.69) is 0 Å². The maximum atomic E-state index is 13.5. The third kappa shape index (κ3) is 3.22. The van der Waals surface area contributed by atoms with E-state index in [4.69, 9.17) is 4.40 Å². The first-order valence-electron chi connectivity index (χ1n) is 9.52. The molecule has 25 heavy (non-hydrogen) atoms. The first kappa shape index (κ1) is 17.4. The number of benzene rings is 1. The maximum Gasteiger partial charge on any atom is 0.145 e. The second kappa shape index (κ2) is 6.00. The van der Waals surface area contributed by atoms with Gasteiger partial charge in [-0.2, -0.15) is 4.40 Å². The van der Waals surface area contributed by atoms with Crippen molar-refractivity contribution in [2.24, 2.45) is 27.6 Å². The minimum Gasteiger partial charge on any atom is -0.234 e. The number of nitrogens with zero attached hydrogens (tertiary/aromatic N) is 1. The Bertz CT molecular complexity index is 681. The van der Waals surface area contributed by atoms with Gasteiger partial charge >= 0.3 is 0 Å². The predicted octanol–water partition coefficient (Wildman–Crippen LogP) is 5.29. The van der Waals surface area contributed by atoms with Crippen LogP contribution in [0.4, 0.5) is 4.39 Å². The molecule has 5 rings (SSSR count). The van der Waals surface area contributed by atoms with Crippen LogP contribution in [0.3, 0.4) is 0 Å². The molecule has 1 atom stereocenters. The van der Waals surface area contributed by atoms with Crippen LogP contribution in [0.1, 0.15) is 64.9 Å². The van der Waals surface area contributed by atoms with Crippen molar-refractivity contribution in [1.29, 1.82) is 0 Å². The van der Waals surface area contributed by atoms with E-state index in [0.29, 0.717) is 0 Å². The molecule has 0 aromatic heterocycles. The van der Waals surface area contributed by atoms with Crippen LogP contribution in [0, 0.1) is 29.0 Å². The van der Waals surface area contributed by atoms with E-state index in [0.717, 1.165) is 48.3 Å². The fourth-order valence-corrected chi connectivity index (χ4v) is 6.42. The summed E-state index contributed by atoms with van der Waals surface area (Å²) in [7, 11) is -1.29. The van der Waals surface area contributed by atoms with Crippen molar-refractivity contribution in [3.63, 3.8) is 0 Å². The molecule has 0 saturated heterocycles. The van der Waals surface area contributed by atoms with Crippen molar-refractivity contribution in [2.75, 3.05) is 0 Å². The third-order valence-corrected chi connectivity index (χ3v) is 7.75. The zero-order valence-corrected chi connectivity index (χ0v) is 16.2. The monoisotopic (exact) mass is 361 g/mol. The standard InChI is InChI=1S/C21H28FNOS/c1-20(2,3)25(24)23-19(17-4-6-18(22)7-5-17)21-11-14-8-15(12-21)10-16(9-14)13-21/h4-7,14-16H,8-13H2,1-3H3/b23-19-. The fourth-order valence-electron chi connectivity index (χ4n) is 5.68. The molecule has 4 aliphatic carbocycles. The minimum absolute atomic E-state index is 0.0491. The summed E-state index contributed by atoms with van der Waals surface area (Å²) >= 11 is 0. The Balaban J connectivity index is 1.79. The molecule has 0 amide bonds. The summed E-state index contributed by atoms with van der Waals surface area (Å²) in [5.74, 6) is 2.14. The first-order chi connectivity index (χ1) is 11.7. The van der Waals surface area contributed by atoms with Gasteiger partial charge in [-0.05, 0) is 94.7 Å². The molecule has 1 unspecified atom stereocenters. The lowest BCUT2D eigenvalue weighted by molar-refractivity contribution is -0.0118. The summed E-state index contributed by atoms with van der Waals surface area (Å²) in [5, 5.41) is 0. The van der Waals surface area contributed by atoms with Crippen LogP contribution in [0.5, 0.6) is 0 Å². The van der Waals surface area contributed by atoms with E-state index < -0.39 is 11.0 Å². The average molecular weight is 362 g/mol. The number of halogens is 1. The van der Waals surface area contributed by atoms with Crippen molar-refractivity contribution < 1.29 is 8.60 Å². The van der Waals surface area contributed by atoms with Crippen LogP contribution in [-0.2, 0) is 11.0 Å². The zero-order valence-electron chi connectivity index (χ0n) is 15.4. The van der Waals surface area contributed by atoms with E-state index >= 15 is 0 Å². The Labute approximate surface area is 152 Å². The average Bonchev–Trinajstić information content (AvgIpc) is 2.51. The fraction of sp³-hybridized carbons (Fsp3) is 0.667. The second-order valence-electron chi connectivity index (χ2n) is 9.51. The normalized spacial score (nSPS) is 35.8. The molecular formula is C21H28FNOS. The molecular weight excluding hydrogens is 333 g/mol.